The summed E-state index contributed by atoms with van der Waals surface area (Å²) in [5.41, 5.74) is 1.32. The van der Waals surface area contributed by atoms with Crippen molar-refractivity contribution in [3.05, 3.63) is 60.2 Å². The summed E-state index contributed by atoms with van der Waals surface area (Å²) in [4.78, 5) is 0. The third-order valence-corrected chi connectivity index (χ3v) is 4.74. The van der Waals surface area contributed by atoms with Gasteiger partial charge in [-0.05, 0) is 36.6 Å². The van der Waals surface area contributed by atoms with Crippen LogP contribution in [-0.4, -0.2) is 35.0 Å². The monoisotopic (exact) mass is 534 g/mol. The lowest BCUT2D eigenvalue weighted by Gasteiger charge is -2.11. The van der Waals surface area contributed by atoms with E-state index in [1.165, 1.54) is 69.8 Å². The van der Waals surface area contributed by atoms with Gasteiger partial charge in [0.1, 0.15) is 11.5 Å². The summed E-state index contributed by atoms with van der Waals surface area (Å²) in [6.07, 6.45) is 14.9. The Morgan fingerprint density at radius 3 is 1.49 bits per heavy atom. The van der Waals surface area contributed by atoms with Gasteiger partial charge < -0.3 is 4.74 Å². The molecule has 11 heteroatoms. The highest BCUT2D eigenvalue weighted by atomic mass is 32.3. The van der Waals surface area contributed by atoms with Crippen LogP contribution >= 0.6 is 0 Å². The van der Waals surface area contributed by atoms with Crippen LogP contribution in [0.15, 0.2) is 54.6 Å². The first-order chi connectivity index (χ1) is 16.4. The van der Waals surface area contributed by atoms with Gasteiger partial charge in [-0.2, -0.15) is 16.8 Å². The molecule has 0 spiro atoms. The van der Waals surface area contributed by atoms with Crippen molar-refractivity contribution < 1.29 is 39.8 Å². The summed E-state index contributed by atoms with van der Waals surface area (Å²) in [6, 6.07) is 18.5. The second kappa shape index (κ2) is 19.2. The minimum absolute atomic E-state index is 0.915. The van der Waals surface area contributed by atoms with E-state index in [0.717, 1.165) is 17.9 Å². The summed E-state index contributed by atoms with van der Waals surface area (Å²) in [5.74, 6) is 1.92. The Bertz CT molecular complexity index is 947. The first-order valence-electron chi connectivity index (χ1n) is 11.6. The van der Waals surface area contributed by atoms with Gasteiger partial charge in [-0.1, -0.05) is 101 Å². The van der Waals surface area contributed by atoms with Gasteiger partial charge in [0.15, 0.2) is 0 Å². The minimum Gasteiger partial charge on any atom is -0.457 e. The van der Waals surface area contributed by atoms with E-state index in [0.29, 0.717) is 0 Å². The van der Waals surface area contributed by atoms with Crippen LogP contribution in [0.5, 0.6) is 11.5 Å². The lowest BCUT2D eigenvalue weighted by Crippen LogP contribution is -1.92. The van der Waals surface area contributed by atoms with Crippen LogP contribution in [0, 0.1) is 0 Å². The average molecular weight is 535 g/mol. The maximum Gasteiger partial charge on any atom is 0.394 e. The average Bonchev–Trinajstić information content (AvgIpc) is 2.74. The van der Waals surface area contributed by atoms with E-state index in [9.17, 15) is 0 Å². The molecule has 0 saturated carbocycles. The summed E-state index contributed by atoms with van der Waals surface area (Å²) < 4.78 is 69.2. The van der Waals surface area contributed by atoms with Gasteiger partial charge in [-0.15, -0.1) is 0 Å². The van der Waals surface area contributed by atoms with Crippen LogP contribution in [0.1, 0.15) is 76.7 Å². The van der Waals surface area contributed by atoms with E-state index in [1.54, 1.807) is 0 Å². The number of aryl methyl sites for hydroxylation is 1. The van der Waals surface area contributed by atoms with Crippen molar-refractivity contribution in [1.82, 2.24) is 0 Å². The molecule has 200 valence electrons. The molecular weight excluding hydrogens is 496 g/mol. The van der Waals surface area contributed by atoms with Crippen LogP contribution in [0.25, 0.3) is 0 Å². The summed E-state index contributed by atoms with van der Waals surface area (Å²) in [5, 5.41) is 0. The Hall–Kier alpha value is -2.02. The zero-order valence-corrected chi connectivity index (χ0v) is 21.8. The molecule has 2 rings (SSSR count). The second-order valence-corrected chi connectivity index (χ2v) is 9.64. The largest absolute Gasteiger partial charge is 0.457 e. The predicted molar refractivity (Wildman–Crippen MR) is 137 cm³/mol. The van der Waals surface area contributed by atoms with Gasteiger partial charge in [0, 0.05) is 0 Å². The Balaban J connectivity index is 0.000000975. The van der Waals surface area contributed by atoms with E-state index in [-0.39, 0.29) is 0 Å². The fourth-order valence-electron chi connectivity index (χ4n) is 3.23. The van der Waals surface area contributed by atoms with Crippen molar-refractivity contribution in [2.45, 2.75) is 77.6 Å². The van der Waals surface area contributed by atoms with Crippen LogP contribution in [0.3, 0.4) is 0 Å². The Labute approximate surface area is 209 Å². The topological polar surface area (TPSA) is 158 Å². The van der Waals surface area contributed by atoms with Crippen LogP contribution < -0.4 is 4.74 Å². The number of hydrogen-bond acceptors (Lipinski definition) is 5. The molecule has 0 unspecified atom stereocenters. The highest BCUT2D eigenvalue weighted by Gasteiger charge is 2.04. The maximum absolute atomic E-state index is 8.74. The van der Waals surface area contributed by atoms with Crippen molar-refractivity contribution >= 4 is 20.8 Å². The lowest BCUT2D eigenvalue weighted by atomic mass is 10.0. The standard InChI is InChI=1S/C24H34O.2H2O4S/c1-2-3-4-5-6-7-8-9-10-12-17-22-18-15-16-21-24(22)25-23-19-13-11-14-20-23;2*1-5(2,3)4/h11,13-16,18-21H,2-10,12,17H2,1H3;2*(H2,1,2,3,4). The molecule has 2 aromatic carbocycles. The van der Waals surface area contributed by atoms with Crippen LogP contribution in [0.2, 0.25) is 0 Å². The molecule has 0 fully saturated rings. The van der Waals surface area contributed by atoms with E-state index >= 15 is 0 Å². The van der Waals surface area contributed by atoms with Gasteiger partial charge in [0.25, 0.3) is 0 Å². The maximum atomic E-state index is 8.74. The quantitative estimate of drug-likeness (QED) is 0.163. The van der Waals surface area contributed by atoms with Crippen molar-refractivity contribution in [3.8, 4) is 11.5 Å². The molecule has 0 saturated heterocycles. The fourth-order valence-corrected chi connectivity index (χ4v) is 3.23. The predicted octanol–water partition coefficient (Wildman–Crippen LogP) is 6.64. The van der Waals surface area contributed by atoms with Gasteiger partial charge in [-0.25, -0.2) is 0 Å². The number of para-hydroxylation sites is 2. The minimum atomic E-state index is -4.67. The number of unbranched alkanes of at least 4 members (excludes halogenated alkanes) is 9. The molecule has 0 aliphatic heterocycles. The lowest BCUT2D eigenvalue weighted by molar-refractivity contribution is 0.378. The normalized spacial score (nSPS) is 11.0. The molecule has 0 bridgehead atoms. The zero-order chi connectivity index (χ0) is 26.6. The van der Waals surface area contributed by atoms with Crippen molar-refractivity contribution in [2.75, 3.05) is 0 Å². The van der Waals surface area contributed by atoms with E-state index in [4.69, 9.17) is 39.8 Å². The highest BCUT2D eigenvalue weighted by Crippen LogP contribution is 2.26. The molecule has 0 amide bonds. The molecule has 0 atom stereocenters. The second-order valence-electron chi connectivity index (χ2n) is 7.85. The van der Waals surface area contributed by atoms with Gasteiger partial charge in [0.05, 0.1) is 0 Å². The summed E-state index contributed by atoms with van der Waals surface area (Å²) in [7, 11) is -9.33. The zero-order valence-electron chi connectivity index (χ0n) is 20.1. The van der Waals surface area contributed by atoms with Crippen LogP contribution in [0.4, 0.5) is 0 Å². The molecule has 0 aromatic heterocycles. The Kier molecular flexibility index (Phi) is 18.1. The van der Waals surface area contributed by atoms with Gasteiger partial charge in [0.2, 0.25) is 0 Å². The fraction of sp³-hybridized carbons (Fsp3) is 0.500. The summed E-state index contributed by atoms with van der Waals surface area (Å²) >= 11 is 0. The molecule has 4 N–H and O–H groups in total. The molecule has 9 nitrogen and oxygen atoms in total. The Morgan fingerprint density at radius 2 is 1.00 bits per heavy atom. The molecule has 0 radical (unpaired) electrons. The number of hydrogen-bond donors (Lipinski definition) is 4. The molecule has 0 heterocycles. The molecule has 0 aliphatic carbocycles. The number of rotatable bonds is 13. The Morgan fingerprint density at radius 1 is 0.600 bits per heavy atom. The van der Waals surface area contributed by atoms with Gasteiger partial charge >= 0.3 is 20.8 Å². The summed E-state index contributed by atoms with van der Waals surface area (Å²) in [6.45, 7) is 2.28. The number of ether oxygens (including phenoxy) is 1. The molecule has 0 aliphatic rings. The smallest absolute Gasteiger partial charge is 0.394 e. The van der Waals surface area contributed by atoms with Crippen molar-refractivity contribution in [3.63, 3.8) is 0 Å². The molecule has 2 aromatic rings. The highest BCUT2D eigenvalue weighted by molar-refractivity contribution is 7.80. The third kappa shape index (κ3) is 26.4. The first-order valence-corrected chi connectivity index (χ1v) is 14.4. The van der Waals surface area contributed by atoms with Crippen molar-refractivity contribution in [1.29, 1.82) is 0 Å². The first kappa shape index (κ1) is 33.0. The van der Waals surface area contributed by atoms with E-state index < -0.39 is 20.8 Å². The van der Waals surface area contributed by atoms with Crippen LogP contribution in [-0.2, 0) is 27.2 Å². The van der Waals surface area contributed by atoms with E-state index in [1.807, 2.05) is 30.3 Å². The van der Waals surface area contributed by atoms with Gasteiger partial charge in [-0.3, -0.25) is 18.2 Å². The molecule has 35 heavy (non-hydrogen) atoms. The molecular formula is C24H38O9S2. The SMILES string of the molecule is CCCCCCCCCCCCc1ccccc1Oc1ccccc1.O=S(=O)(O)O.O=S(=O)(O)O. The van der Waals surface area contributed by atoms with Crippen molar-refractivity contribution in [2.24, 2.45) is 0 Å². The number of benzene rings is 2. The van der Waals surface area contributed by atoms with E-state index in [2.05, 4.69) is 31.2 Å². The third-order valence-electron chi connectivity index (χ3n) is 4.74.